The number of hydrogen-bond donors (Lipinski definition) is 1. The number of rotatable bonds is 5. The molecule has 0 aliphatic rings. The zero-order chi connectivity index (χ0) is 14.5. The van der Waals surface area contributed by atoms with Crippen LogP contribution < -0.4 is 5.32 Å². The highest BCUT2D eigenvalue weighted by molar-refractivity contribution is 14.1. The molecule has 2 aromatic carbocycles. The lowest BCUT2D eigenvalue weighted by Crippen LogP contribution is -2.24. The summed E-state index contributed by atoms with van der Waals surface area (Å²) in [4.78, 5) is 0. The smallest absolute Gasteiger partial charge is 0.126 e. The summed E-state index contributed by atoms with van der Waals surface area (Å²) >= 11 is 5.84. The summed E-state index contributed by atoms with van der Waals surface area (Å²) in [7, 11) is 0. The summed E-state index contributed by atoms with van der Waals surface area (Å²) in [6.07, 6.45) is 0.646. The third-order valence-corrected chi connectivity index (χ3v) is 4.64. The van der Waals surface area contributed by atoms with Gasteiger partial charge in [-0.1, -0.05) is 41.1 Å². The van der Waals surface area contributed by atoms with Crippen LogP contribution in [0.2, 0.25) is 0 Å². The molecule has 1 atom stereocenters. The van der Waals surface area contributed by atoms with Gasteiger partial charge in [0.15, 0.2) is 0 Å². The van der Waals surface area contributed by atoms with Crippen molar-refractivity contribution in [3.8, 4) is 0 Å². The van der Waals surface area contributed by atoms with Gasteiger partial charge < -0.3 is 5.32 Å². The molecule has 0 aliphatic heterocycles. The van der Waals surface area contributed by atoms with Crippen LogP contribution in [0, 0.1) is 9.39 Å². The third kappa shape index (κ3) is 4.02. The van der Waals surface area contributed by atoms with E-state index in [1.54, 1.807) is 6.07 Å². The topological polar surface area (TPSA) is 12.0 Å². The number of benzene rings is 2. The van der Waals surface area contributed by atoms with Crippen molar-refractivity contribution in [3.63, 3.8) is 0 Å². The lowest BCUT2D eigenvalue weighted by Gasteiger charge is -2.20. The van der Waals surface area contributed by atoms with Crippen LogP contribution in [-0.4, -0.2) is 6.54 Å². The van der Waals surface area contributed by atoms with Gasteiger partial charge in [-0.3, -0.25) is 0 Å². The Morgan fingerprint density at radius 3 is 2.70 bits per heavy atom. The lowest BCUT2D eigenvalue weighted by atomic mass is 9.98. The van der Waals surface area contributed by atoms with Gasteiger partial charge in [0.25, 0.3) is 0 Å². The number of hydrogen-bond acceptors (Lipinski definition) is 1. The maximum Gasteiger partial charge on any atom is 0.126 e. The summed E-state index contributed by atoms with van der Waals surface area (Å²) in [6.45, 7) is 2.92. The predicted octanol–water partition coefficient (Wildman–Crippen LogP) is 5.09. The second-order valence-electron chi connectivity index (χ2n) is 4.57. The molecule has 106 valence electrons. The second-order valence-corrected chi connectivity index (χ2v) is 6.65. The van der Waals surface area contributed by atoms with Gasteiger partial charge in [-0.05, 0) is 70.9 Å². The van der Waals surface area contributed by atoms with E-state index < -0.39 is 0 Å². The second kappa shape index (κ2) is 7.52. The fourth-order valence-corrected chi connectivity index (χ4v) is 3.29. The first-order valence-corrected chi connectivity index (χ1v) is 8.40. The van der Waals surface area contributed by atoms with Crippen LogP contribution in [0.4, 0.5) is 4.39 Å². The molecule has 1 nitrogen and oxygen atoms in total. The van der Waals surface area contributed by atoms with Crippen molar-refractivity contribution >= 4 is 38.5 Å². The van der Waals surface area contributed by atoms with Crippen molar-refractivity contribution in [1.82, 2.24) is 5.32 Å². The van der Waals surface area contributed by atoms with Gasteiger partial charge in [-0.25, -0.2) is 4.39 Å². The molecule has 0 fully saturated rings. The molecule has 2 rings (SSSR count). The molecule has 0 amide bonds. The van der Waals surface area contributed by atoms with Crippen molar-refractivity contribution in [1.29, 1.82) is 0 Å². The molecule has 0 radical (unpaired) electrons. The van der Waals surface area contributed by atoms with Gasteiger partial charge in [0.05, 0.1) is 0 Å². The Labute approximate surface area is 141 Å². The van der Waals surface area contributed by atoms with E-state index in [4.69, 9.17) is 0 Å². The van der Waals surface area contributed by atoms with Crippen LogP contribution in [0.25, 0.3) is 0 Å². The molecule has 4 heteroatoms. The minimum atomic E-state index is -0.139. The van der Waals surface area contributed by atoms with Crippen molar-refractivity contribution in [2.75, 3.05) is 6.54 Å². The van der Waals surface area contributed by atoms with Gasteiger partial charge in [0.1, 0.15) is 5.82 Å². The molecule has 1 unspecified atom stereocenters. The largest absolute Gasteiger partial charge is 0.310 e. The highest BCUT2D eigenvalue weighted by Crippen LogP contribution is 2.27. The molecular weight excluding hydrogens is 432 g/mol. The van der Waals surface area contributed by atoms with Crippen molar-refractivity contribution in [2.45, 2.75) is 19.4 Å². The fraction of sp³-hybridized carbons (Fsp3) is 0.250. The Kier molecular flexibility index (Phi) is 5.99. The van der Waals surface area contributed by atoms with Crippen molar-refractivity contribution < 1.29 is 4.39 Å². The number of halogens is 3. The molecule has 20 heavy (non-hydrogen) atoms. The minimum Gasteiger partial charge on any atom is -0.310 e. The molecule has 1 N–H and O–H groups in total. The monoisotopic (exact) mass is 447 g/mol. The minimum absolute atomic E-state index is 0.112. The van der Waals surface area contributed by atoms with E-state index in [9.17, 15) is 4.39 Å². The molecule has 0 spiro atoms. The Balaban J connectivity index is 2.32. The summed E-state index contributed by atoms with van der Waals surface area (Å²) in [6, 6.07) is 13.3. The molecule has 0 aliphatic carbocycles. The van der Waals surface area contributed by atoms with Crippen LogP contribution in [0.1, 0.15) is 24.1 Å². The molecule has 0 saturated heterocycles. The first kappa shape index (κ1) is 15.9. The van der Waals surface area contributed by atoms with Gasteiger partial charge in [0, 0.05) is 14.1 Å². The van der Waals surface area contributed by atoms with E-state index in [1.807, 2.05) is 18.2 Å². The van der Waals surface area contributed by atoms with E-state index >= 15 is 0 Å². The average molecular weight is 448 g/mol. The summed E-state index contributed by atoms with van der Waals surface area (Å²) in [5, 5.41) is 3.45. The van der Waals surface area contributed by atoms with E-state index in [-0.39, 0.29) is 11.9 Å². The zero-order valence-corrected chi connectivity index (χ0v) is 14.9. The summed E-state index contributed by atoms with van der Waals surface area (Å²) in [5.74, 6) is -0.139. The van der Waals surface area contributed by atoms with Gasteiger partial charge in [-0.15, -0.1) is 0 Å². The summed E-state index contributed by atoms with van der Waals surface area (Å²) < 4.78 is 16.1. The molecule has 0 bridgehead atoms. The maximum absolute atomic E-state index is 13.8. The highest BCUT2D eigenvalue weighted by Gasteiger charge is 2.16. The van der Waals surface area contributed by atoms with Crippen LogP contribution >= 0.6 is 38.5 Å². The molecule has 0 aromatic heterocycles. The molecule has 0 saturated carbocycles. The predicted molar refractivity (Wildman–Crippen MR) is 93.4 cm³/mol. The van der Waals surface area contributed by atoms with Crippen molar-refractivity contribution in [3.05, 3.63) is 67.5 Å². The number of likely N-dealkylation sites (N-methyl/N-ethyl adjacent to an activating group) is 1. The van der Waals surface area contributed by atoms with Gasteiger partial charge >= 0.3 is 0 Å². The highest BCUT2D eigenvalue weighted by atomic mass is 127. The number of nitrogens with one attached hydrogen (secondary N) is 1. The van der Waals surface area contributed by atoms with Crippen LogP contribution in [0.5, 0.6) is 0 Å². The standard InChI is InChI=1S/C16H16BrFIN/c1-2-20-16(9-11-5-3-4-6-14(11)18)13-10-12(17)7-8-15(13)19/h3-8,10,16,20H,2,9H2,1H3. The van der Waals surface area contributed by atoms with Gasteiger partial charge in [0.2, 0.25) is 0 Å². The molecule has 2 aromatic rings. The third-order valence-electron chi connectivity index (χ3n) is 3.17. The normalized spacial score (nSPS) is 12.4. The lowest BCUT2D eigenvalue weighted by molar-refractivity contribution is 0.526. The van der Waals surface area contributed by atoms with Crippen LogP contribution in [-0.2, 0) is 6.42 Å². The van der Waals surface area contributed by atoms with Crippen LogP contribution in [0.3, 0.4) is 0 Å². The first-order valence-electron chi connectivity index (χ1n) is 6.53. The SMILES string of the molecule is CCNC(Cc1ccccc1F)c1cc(Br)ccc1I. The van der Waals surface area contributed by atoms with Crippen LogP contribution in [0.15, 0.2) is 46.9 Å². The molecule has 0 heterocycles. The van der Waals surface area contributed by atoms with Crippen molar-refractivity contribution in [2.24, 2.45) is 0 Å². The first-order chi connectivity index (χ1) is 9.61. The van der Waals surface area contributed by atoms with E-state index in [2.05, 4.69) is 62.9 Å². The Hall–Kier alpha value is -0.460. The maximum atomic E-state index is 13.8. The summed E-state index contributed by atoms with van der Waals surface area (Å²) in [5.41, 5.74) is 1.94. The fourth-order valence-electron chi connectivity index (χ4n) is 2.20. The van der Waals surface area contributed by atoms with E-state index in [0.29, 0.717) is 6.42 Å². The average Bonchev–Trinajstić information content (AvgIpc) is 2.43. The quantitative estimate of drug-likeness (QED) is 0.629. The Bertz CT molecular complexity index is 588. The zero-order valence-electron chi connectivity index (χ0n) is 11.2. The Morgan fingerprint density at radius 1 is 1.25 bits per heavy atom. The van der Waals surface area contributed by atoms with Gasteiger partial charge in [-0.2, -0.15) is 0 Å². The molecular formula is C16H16BrFIN. The Morgan fingerprint density at radius 2 is 2.00 bits per heavy atom. The van der Waals surface area contributed by atoms with E-state index in [1.165, 1.54) is 15.2 Å². The van der Waals surface area contributed by atoms with E-state index in [0.717, 1.165) is 16.6 Å².